The largest absolute Gasteiger partial charge is 0.493 e. The number of carbonyl (C=O) groups excluding carboxylic acids is 1. The first-order chi connectivity index (χ1) is 11.7. The Morgan fingerprint density at radius 2 is 2.00 bits per heavy atom. The zero-order valence-corrected chi connectivity index (χ0v) is 14.8. The number of rotatable bonds is 8. The fourth-order valence-corrected chi connectivity index (χ4v) is 2.73. The van der Waals surface area contributed by atoms with Crippen molar-refractivity contribution in [3.05, 3.63) is 28.8 Å². The lowest BCUT2D eigenvalue weighted by molar-refractivity contribution is 0.160. The van der Waals surface area contributed by atoms with Gasteiger partial charge in [0.2, 0.25) is 5.13 Å². The third-order valence-electron chi connectivity index (χ3n) is 3.21. The van der Waals surface area contributed by atoms with Crippen molar-refractivity contribution in [2.45, 2.75) is 26.2 Å². The van der Waals surface area contributed by atoms with E-state index in [1.165, 1.54) is 11.3 Å². The topological polar surface area (TPSA) is 82.6 Å². The van der Waals surface area contributed by atoms with Crippen LogP contribution in [0.5, 0.6) is 11.5 Å². The average Bonchev–Trinajstić information content (AvgIpc) is 3.01. The van der Waals surface area contributed by atoms with Crippen molar-refractivity contribution in [3.63, 3.8) is 0 Å². The molecule has 0 aliphatic carbocycles. The Morgan fingerprint density at radius 1 is 1.21 bits per heavy atom. The van der Waals surface area contributed by atoms with E-state index in [2.05, 4.69) is 15.5 Å². The Labute approximate surface area is 145 Å². The summed E-state index contributed by atoms with van der Waals surface area (Å²) in [6.07, 6.45) is 1.90. The van der Waals surface area contributed by atoms with Crippen molar-refractivity contribution in [1.29, 1.82) is 0 Å². The van der Waals surface area contributed by atoms with Gasteiger partial charge in [-0.2, -0.15) is 0 Å². The maximum absolute atomic E-state index is 11.6. The number of carbonyl (C=O) groups is 1. The maximum atomic E-state index is 11.6. The van der Waals surface area contributed by atoms with Crippen molar-refractivity contribution in [2.24, 2.45) is 0 Å². The number of anilines is 1. The van der Waals surface area contributed by atoms with Crippen LogP contribution in [0.4, 0.5) is 9.93 Å². The molecule has 0 aliphatic heterocycles. The standard InChI is InChI=1S/C16H21N3O4S/c1-4-5-8-23-16(20)17-15-19-18-14(24-15)10-11-6-7-12(21-2)13(9-11)22-3/h6-7,9H,4-5,8,10H2,1-3H3,(H,17,19,20). The van der Waals surface area contributed by atoms with Crippen LogP contribution in [0, 0.1) is 0 Å². The van der Waals surface area contributed by atoms with E-state index in [0.29, 0.717) is 29.7 Å². The molecule has 1 N–H and O–H groups in total. The SMILES string of the molecule is CCCCOC(=O)Nc1nnc(Cc2ccc(OC)c(OC)c2)s1. The summed E-state index contributed by atoms with van der Waals surface area (Å²) in [5, 5.41) is 11.8. The van der Waals surface area contributed by atoms with Crippen LogP contribution in [0.15, 0.2) is 18.2 Å². The molecule has 0 bridgehead atoms. The number of aromatic nitrogens is 2. The second kappa shape index (κ2) is 9.07. The molecule has 24 heavy (non-hydrogen) atoms. The first-order valence-electron chi connectivity index (χ1n) is 7.63. The number of unbranched alkanes of at least 4 members (excludes halogenated alkanes) is 1. The van der Waals surface area contributed by atoms with E-state index >= 15 is 0 Å². The Hall–Kier alpha value is -2.35. The summed E-state index contributed by atoms with van der Waals surface area (Å²) >= 11 is 1.31. The second-order valence-corrected chi connectivity index (χ2v) is 6.04. The van der Waals surface area contributed by atoms with Gasteiger partial charge in [-0.1, -0.05) is 30.7 Å². The van der Waals surface area contributed by atoms with Crippen LogP contribution in [0.2, 0.25) is 0 Å². The summed E-state index contributed by atoms with van der Waals surface area (Å²) in [7, 11) is 3.19. The molecule has 1 amide bonds. The highest BCUT2D eigenvalue weighted by Crippen LogP contribution is 2.29. The van der Waals surface area contributed by atoms with E-state index in [1.807, 2.05) is 25.1 Å². The lowest BCUT2D eigenvalue weighted by Gasteiger charge is -2.08. The highest BCUT2D eigenvalue weighted by atomic mass is 32.1. The average molecular weight is 351 g/mol. The number of hydrogen-bond donors (Lipinski definition) is 1. The molecule has 1 heterocycles. The predicted octanol–water partition coefficient (Wildman–Crippen LogP) is 3.49. The van der Waals surface area contributed by atoms with E-state index in [-0.39, 0.29) is 0 Å². The fraction of sp³-hybridized carbons (Fsp3) is 0.438. The molecule has 0 fully saturated rings. The van der Waals surface area contributed by atoms with Gasteiger partial charge in [0, 0.05) is 6.42 Å². The lowest BCUT2D eigenvalue weighted by Crippen LogP contribution is -2.14. The first-order valence-corrected chi connectivity index (χ1v) is 8.45. The highest BCUT2D eigenvalue weighted by Gasteiger charge is 2.11. The molecule has 2 rings (SSSR count). The molecule has 0 unspecified atom stereocenters. The van der Waals surface area contributed by atoms with Gasteiger partial charge in [-0.3, -0.25) is 5.32 Å². The molecule has 0 radical (unpaired) electrons. The van der Waals surface area contributed by atoms with Gasteiger partial charge in [0.1, 0.15) is 5.01 Å². The molecule has 130 valence electrons. The summed E-state index contributed by atoms with van der Waals surface area (Å²) in [5.41, 5.74) is 1.01. The molecule has 7 nitrogen and oxygen atoms in total. The van der Waals surface area contributed by atoms with Crippen LogP contribution >= 0.6 is 11.3 Å². The van der Waals surface area contributed by atoms with Gasteiger partial charge in [0.15, 0.2) is 11.5 Å². The highest BCUT2D eigenvalue weighted by molar-refractivity contribution is 7.15. The summed E-state index contributed by atoms with van der Waals surface area (Å²) < 4.78 is 15.5. The van der Waals surface area contributed by atoms with Gasteiger partial charge in [-0.15, -0.1) is 10.2 Å². The van der Waals surface area contributed by atoms with Crippen LogP contribution < -0.4 is 14.8 Å². The van der Waals surface area contributed by atoms with Crippen LogP contribution in [-0.4, -0.2) is 37.1 Å². The molecule has 0 aliphatic rings. The number of amides is 1. The number of nitrogens with zero attached hydrogens (tertiary/aromatic N) is 2. The zero-order chi connectivity index (χ0) is 17.4. The van der Waals surface area contributed by atoms with Gasteiger partial charge in [-0.05, 0) is 24.1 Å². The maximum Gasteiger partial charge on any atom is 0.413 e. The van der Waals surface area contributed by atoms with Crippen LogP contribution in [0.1, 0.15) is 30.3 Å². The molecule has 0 atom stereocenters. The third kappa shape index (κ3) is 5.09. The zero-order valence-electron chi connectivity index (χ0n) is 14.0. The number of ether oxygens (including phenoxy) is 3. The minimum absolute atomic E-state index is 0.402. The summed E-state index contributed by atoms with van der Waals surface area (Å²) in [6, 6.07) is 5.68. The molecule has 8 heteroatoms. The van der Waals surface area contributed by atoms with Crippen molar-refractivity contribution >= 4 is 22.6 Å². The summed E-state index contributed by atoms with van der Waals surface area (Å²) in [5.74, 6) is 1.34. The van der Waals surface area contributed by atoms with Gasteiger partial charge < -0.3 is 14.2 Å². The number of benzene rings is 1. The molecule has 2 aromatic rings. The molecule has 1 aromatic heterocycles. The summed E-state index contributed by atoms with van der Waals surface area (Å²) in [4.78, 5) is 11.6. The molecule has 1 aromatic carbocycles. The van der Waals surface area contributed by atoms with Crippen LogP contribution in [-0.2, 0) is 11.2 Å². The van der Waals surface area contributed by atoms with E-state index in [4.69, 9.17) is 14.2 Å². The molecule has 0 saturated heterocycles. The lowest BCUT2D eigenvalue weighted by atomic mass is 10.1. The van der Waals surface area contributed by atoms with E-state index in [1.54, 1.807) is 14.2 Å². The molecular formula is C16H21N3O4S. The minimum atomic E-state index is -0.503. The van der Waals surface area contributed by atoms with Gasteiger partial charge in [0.25, 0.3) is 0 Å². The Balaban J connectivity index is 1.95. The normalized spacial score (nSPS) is 10.3. The van der Waals surface area contributed by atoms with Gasteiger partial charge in [0.05, 0.1) is 20.8 Å². The van der Waals surface area contributed by atoms with Crippen molar-refractivity contribution in [1.82, 2.24) is 10.2 Å². The van der Waals surface area contributed by atoms with Crippen LogP contribution in [0.25, 0.3) is 0 Å². The van der Waals surface area contributed by atoms with Crippen molar-refractivity contribution < 1.29 is 19.0 Å². The first kappa shape index (κ1) is 18.0. The van der Waals surface area contributed by atoms with Crippen molar-refractivity contribution in [3.8, 4) is 11.5 Å². The van der Waals surface area contributed by atoms with E-state index in [9.17, 15) is 4.79 Å². The third-order valence-corrected chi connectivity index (χ3v) is 4.05. The van der Waals surface area contributed by atoms with Crippen LogP contribution in [0.3, 0.4) is 0 Å². The van der Waals surface area contributed by atoms with Gasteiger partial charge >= 0.3 is 6.09 Å². The second-order valence-electron chi connectivity index (χ2n) is 4.98. The minimum Gasteiger partial charge on any atom is -0.493 e. The van der Waals surface area contributed by atoms with E-state index in [0.717, 1.165) is 23.4 Å². The predicted molar refractivity (Wildman–Crippen MR) is 92.1 cm³/mol. The Bertz CT molecular complexity index is 675. The quantitative estimate of drug-likeness (QED) is 0.733. The van der Waals surface area contributed by atoms with Crippen molar-refractivity contribution in [2.75, 3.05) is 26.1 Å². The number of nitrogens with one attached hydrogen (secondary N) is 1. The molecular weight excluding hydrogens is 330 g/mol. The molecule has 0 saturated carbocycles. The fourth-order valence-electron chi connectivity index (χ4n) is 1.97. The summed E-state index contributed by atoms with van der Waals surface area (Å²) in [6.45, 7) is 2.44. The number of hydrogen-bond acceptors (Lipinski definition) is 7. The molecule has 0 spiro atoms. The smallest absolute Gasteiger partial charge is 0.413 e. The Morgan fingerprint density at radius 3 is 2.71 bits per heavy atom. The Kier molecular flexibility index (Phi) is 6.80. The number of methoxy groups -OCH3 is 2. The monoisotopic (exact) mass is 351 g/mol. The van der Waals surface area contributed by atoms with E-state index < -0.39 is 6.09 Å². The van der Waals surface area contributed by atoms with Gasteiger partial charge in [-0.25, -0.2) is 4.79 Å².